The molecule has 0 radical (unpaired) electrons. The smallest absolute Gasteiger partial charge is 0.0947 e. The molecule has 0 heterocycles. The zero-order valence-electron chi connectivity index (χ0n) is 8.99. The molecule has 0 aliphatic carbocycles. The largest absolute Gasteiger partial charge is 0.372 e. The maximum atomic E-state index is 5.66. The van der Waals surface area contributed by atoms with Crippen molar-refractivity contribution < 1.29 is 4.74 Å². The molecule has 0 bridgehead atoms. The third kappa shape index (κ3) is 3.13. The van der Waals surface area contributed by atoms with Crippen molar-refractivity contribution >= 4 is 0 Å². The summed E-state index contributed by atoms with van der Waals surface area (Å²) < 4.78 is 5.64. The number of nitrogens with two attached hydrogens (primary N) is 1. The van der Waals surface area contributed by atoms with Crippen molar-refractivity contribution in [3.05, 3.63) is 35.4 Å². The van der Waals surface area contributed by atoms with Crippen molar-refractivity contribution in [3.8, 4) is 0 Å². The highest BCUT2D eigenvalue weighted by molar-refractivity contribution is 5.23. The minimum atomic E-state index is 0.0514. The molecule has 0 amide bonds. The van der Waals surface area contributed by atoms with E-state index in [4.69, 9.17) is 10.5 Å². The Morgan fingerprint density at radius 2 is 1.93 bits per heavy atom. The molecule has 0 saturated carbocycles. The van der Waals surface area contributed by atoms with E-state index in [-0.39, 0.29) is 6.10 Å². The first-order valence-electron chi connectivity index (χ1n) is 5.16. The van der Waals surface area contributed by atoms with Gasteiger partial charge in [0.25, 0.3) is 0 Å². The third-order valence-electron chi connectivity index (χ3n) is 2.19. The number of aryl methyl sites for hydroxylation is 1. The maximum Gasteiger partial charge on any atom is 0.0947 e. The van der Waals surface area contributed by atoms with Crippen LogP contribution in [0.5, 0.6) is 0 Å². The van der Waals surface area contributed by atoms with E-state index in [1.807, 2.05) is 0 Å². The number of rotatable bonds is 5. The average Bonchev–Trinajstić information content (AvgIpc) is 2.21. The van der Waals surface area contributed by atoms with Crippen LogP contribution in [0.3, 0.4) is 0 Å². The lowest BCUT2D eigenvalue weighted by Gasteiger charge is -2.15. The lowest BCUT2D eigenvalue weighted by Crippen LogP contribution is -2.16. The van der Waals surface area contributed by atoms with E-state index in [1.165, 1.54) is 11.1 Å². The van der Waals surface area contributed by atoms with Crippen molar-refractivity contribution in [2.45, 2.75) is 26.4 Å². The normalized spacial score (nSPS) is 12.8. The van der Waals surface area contributed by atoms with Crippen LogP contribution in [0.2, 0.25) is 0 Å². The molecule has 14 heavy (non-hydrogen) atoms. The van der Waals surface area contributed by atoms with Crippen LogP contribution in [-0.2, 0) is 4.74 Å². The van der Waals surface area contributed by atoms with E-state index < -0.39 is 0 Å². The lowest BCUT2D eigenvalue weighted by molar-refractivity contribution is 0.0591. The molecule has 0 fully saturated rings. The van der Waals surface area contributed by atoms with Gasteiger partial charge in [-0.2, -0.15) is 0 Å². The molecule has 0 aliphatic rings. The number of ether oxygens (including phenoxy) is 1. The second-order valence-electron chi connectivity index (χ2n) is 3.51. The molecule has 0 spiro atoms. The molecular formula is C12H19NO. The summed E-state index contributed by atoms with van der Waals surface area (Å²) in [6, 6.07) is 8.35. The standard InChI is InChI=1S/C12H19NO/c1-3-8-14-12(9-13)11-6-4-10(2)5-7-11/h4-7,12H,3,8-9,13H2,1-2H3. The molecule has 1 atom stereocenters. The van der Waals surface area contributed by atoms with Gasteiger partial charge in [-0.15, -0.1) is 0 Å². The number of benzene rings is 1. The molecule has 78 valence electrons. The molecule has 2 nitrogen and oxygen atoms in total. The summed E-state index contributed by atoms with van der Waals surface area (Å²) in [5.74, 6) is 0. The van der Waals surface area contributed by atoms with E-state index in [2.05, 4.69) is 38.1 Å². The van der Waals surface area contributed by atoms with Crippen molar-refractivity contribution in [1.29, 1.82) is 0 Å². The first-order valence-corrected chi connectivity index (χ1v) is 5.16. The highest BCUT2D eigenvalue weighted by atomic mass is 16.5. The molecule has 1 unspecified atom stereocenters. The molecule has 2 heteroatoms. The van der Waals surface area contributed by atoms with Gasteiger partial charge in [0, 0.05) is 13.2 Å². The Balaban J connectivity index is 2.64. The SMILES string of the molecule is CCCOC(CN)c1ccc(C)cc1. The maximum absolute atomic E-state index is 5.66. The van der Waals surface area contributed by atoms with Gasteiger partial charge in [-0.3, -0.25) is 0 Å². The Labute approximate surface area is 86.1 Å². The van der Waals surface area contributed by atoms with E-state index in [1.54, 1.807) is 0 Å². The molecule has 0 saturated heterocycles. The monoisotopic (exact) mass is 193 g/mol. The van der Waals surface area contributed by atoms with Gasteiger partial charge in [0.15, 0.2) is 0 Å². The fraction of sp³-hybridized carbons (Fsp3) is 0.500. The summed E-state index contributed by atoms with van der Waals surface area (Å²) in [6.45, 7) is 5.50. The van der Waals surface area contributed by atoms with Gasteiger partial charge < -0.3 is 10.5 Å². The summed E-state index contributed by atoms with van der Waals surface area (Å²) in [4.78, 5) is 0. The fourth-order valence-corrected chi connectivity index (χ4v) is 1.34. The van der Waals surface area contributed by atoms with Crippen LogP contribution in [0.4, 0.5) is 0 Å². The van der Waals surface area contributed by atoms with Crippen molar-refractivity contribution in [3.63, 3.8) is 0 Å². The molecule has 1 rings (SSSR count). The summed E-state index contributed by atoms with van der Waals surface area (Å²) in [5, 5.41) is 0. The van der Waals surface area contributed by atoms with Crippen LogP contribution in [0, 0.1) is 6.92 Å². The second-order valence-corrected chi connectivity index (χ2v) is 3.51. The number of hydrogen-bond donors (Lipinski definition) is 1. The van der Waals surface area contributed by atoms with E-state index in [0.717, 1.165) is 13.0 Å². The van der Waals surface area contributed by atoms with Crippen molar-refractivity contribution in [2.75, 3.05) is 13.2 Å². The summed E-state index contributed by atoms with van der Waals surface area (Å²) >= 11 is 0. The van der Waals surface area contributed by atoms with Gasteiger partial charge in [0.2, 0.25) is 0 Å². The van der Waals surface area contributed by atoms with Crippen LogP contribution in [0.1, 0.15) is 30.6 Å². The molecule has 0 aliphatic heterocycles. The van der Waals surface area contributed by atoms with Crippen molar-refractivity contribution in [1.82, 2.24) is 0 Å². The lowest BCUT2D eigenvalue weighted by atomic mass is 10.1. The molecular weight excluding hydrogens is 174 g/mol. The van der Waals surface area contributed by atoms with Crippen molar-refractivity contribution in [2.24, 2.45) is 5.73 Å². The Bertz CT molecular complexity index is 256. The predicted octanol–water partition coefficient (Wildman–Crippen LogP) is 2.42. The van der Waals surface area contributed by atoms with Crippen LogP contribution in [0.25, 0.3) is 0 Å². The van der Waals surface area contributed by atoms with E-state index >= 15 is 0 Å². The van der Waals surface area contributed by atoms with Crippen LogP contribution < -0.4 is 5.73 Å². The molecule has 1 aromatic rings. The Hall–Kier alpha value is -0.860. The summed E-state index contributed by atoms with van der Waals surface area (Å²) in [5.41, 5.74) is 8.10. The van der Waals surface area contributed by atoms with Gasteiger partial charge in [-0.25, -0.2) is 0 Å². The zero-order valence-corrected chi connectivity index (χ0v) is 8.99. The van der Waals surface area contributed by atoms with Gasteiger partial charge in [0.1, 0.15) is 0 Å². The van der Waals surface area contributed by atoms with Gasteiger partial charge >= 0.3 is 0 Å². The Morgan fingerprint density at radius 3 is 2.43 bits per heavy atom. The minimum Gasteiger partial charge on any atom is -0.372 e. The van der Waals surface area contributed by atoms with Crippen LogP contribution >= 0.6 is 0 Å². The quantitative estimate of drug-likeness (QED) is 0.779. The van der Waals surface area contributed by atoms with Crippen LogP contribution in [0.15, 0.2) is 24.3 Å². The molecule has 0 aromatic heterocycles. The average molecular weight is 193 g/mol. The van der Waals surface area contributed by atoms with E-state index in [0.29, 0.717) is 6.54 Å². The first-order chi connectivity index (χ1) is 6.77. The minimum absolute atomic E-state index is 0.0514. The molecule has 1 aromatic carbocycles. The zero-order chi connectivity index (χ0) is 10.4. The first kappa shape index (κ1) is 11.2. The van der Waals surface area contributed by atoms with Gasteiger partial charge in [-0.05, 0) is 18.9 Å². The fourth-order valence-electron chi connectivity index (χ4n) is 1.34. The van der Waals surface area contributed by atoms with Gasteiger partial charge in [-0.1, -0.05) is 36.8 Å². The summed E-state index contributed by atoms with van der Waals surface area (Å²) in [6.07, 6.45) is 1.08. The highest BCUT2D eigenvalue weighted by Crippen LogP contribution is 2.16. The Kier molecular flexibility index (Phi) is 4.63. The van der Waals surface area contributed by atoms with Gasteiger partial charge in [0.05, 0.1) is 6.10 Å². The summed E-state index contributed by atoms with van der Waals surface area (Å²) in [7, 11) is 0. The highest BCUT2D eigenvalue weighted by Gasteiger charge is 2.08. The second kappa shape index (κ2) is 5.78. The molecule has 2 N–H and O–H groups in total. The third-order valence-corrected chi connectivity index (χ3v) is 2.19. The van der Waals surface area contributed by atoms with Crippen LogP contribution in [-0.4, -0.2) is 13.2 Å². The number of hydrogen-bond acceptors (Lipinski definition) is 2. The topological polar surface area (TPSA) is 35.2 Å². The van der Waals surface area contributed by atoms with E-state index in [9.17, 15) is 0 Å². The predicted molar refractivity (Wildman–Crippen MR) is 59.2 cm³/mol. The Morgan fingerprint density at radius 1 is 1.29 bits per heavy atom.